The van der Waals surface area contributed by atoms with Crippen molar-refractivity contribution in [3.8, 4) is 0 Å². The largest absolute Gasteiger partial charge is 0.393 e. The number of aliphatic hydroxyl groups is 3. The number of aliphatic hydroxyl groups excluding tert-OH is 3. The van der Waals surface area contributed by atoms with Gasteiger partial charge in [0, 0.05) is 24.5 Å². The zero-order chi connectivity index (χ0) is 20.1. The van der Waals surface area contributed by atoms with E-state index in [2.05, 4.69) is 5.32 Å². The van der Waals surface area contributed by atoms with Gasteiger partial charge in [0.2, 0.25) is 5.91 Å². The van der Waals surface area contributed by atoms with Crippen molar-refractivity contribution in [1.82, 2.24) is 5.32 Å². The van der Waals surface area contributed by atoms with Gasteiger partial charge in [-0.1, -0.05) is 12.5 Å². The van der Waals surface area contributed by atoms with Gasteiger partial charge in [-0.2, -0.15) is 0 Å². The van der Waals surface area contributed by atoms with Gasteiger partial charge in [0.05, 0.1) is 37.1 Å². The summed E-state index contributed by atoms with van der Waals surface area (Å²) in [6.07, 6.45) is -0.917. The second kappa shape index (κ2) is 9.93. The van der Waals surface area contributed by atoms with E-state index in [-0.39, 0.29) is 30.6 Å². The molecule has 8 heteroatoms. The van der Waals surface area contributed by atoms with Crippen molar-refractivity contribution in [2.24, 2.45) is 11.8 Å². The van der Waals surface area contributed by atoms with Crippen molar-refractivity contribution in [2.75, 3.05) is 19.8 Å². The maximum Gasteiger partial charge on any atom is 0.244 e. The average molecular weight is 389 g/mol. The van der Waals surface area contributed by atoms with Crippen LogP contribution in [-0.4, -0.2) is 77.7 Å². The smallest absolute Gasteiger partial charge is 0.244 e. The fraction of sp³-hybridized carbons (Fsp3) is 0.842. The minimum absolute atomic E-state index is 0.0191. The second-order valence-corrected chi connectivity index (χ2v) is 7.76. The van der Waals surface area contributed by atoms with Crippen LogP contribution in [-0.2, 0) is 14.3 Å². The van der Waals surface area contributed by atoms with E-state index in [1.807, 2.05) is 6.92 Å². The molecule has 2 aliphatic rings. The van der Waals surface area contributed by atoms with Crippen LogP contribution in [0.2, 0.25) is 0 Å². The molecule has 8 atom stereocenters. The highest BCUT2D eigenvalue weighted by Crippen LogP contribution is 2.38. The first-order valence-corrected chi connectivity index (χ1v) is 9.56. The van der Waals surface area contributed by atoms with Crippen molar-refractivity contribution in [2.45, 2.75) is 70.2 Å². The molecule has 0 aliphatic carbocycles. The van der Waals surface area contributed by atoms with E-state index < -0.39 is 37.0 Å². The van der Waals surface area contributed by atoms with Crippen molar-refractivity contribution in [3.63, 3.8) is 0 Å². The Labute approximate surface area is 159 Å². The molecular weight excluding hydrogens is 357 g/mol. The summed E-state index contributed by atoms with van der Waals surface area (Å²) in [6.45, 7) is 5.00. The summed E-state index contributed by atoms with van der Waals surface area (Å²) in [5.41, 5.74) is 0.678. The molecule has 4 N–H and O–H groups in total. The molecule has 0 saturated carbocycles. The van der Waals surface area contributed by atoms with Crippen LogP contribution in [0.3, 0.4) is 0 Å². The Morgan fingerprint density at radius 3 is 2.63 bits per heavy atom. The van der Waals surface area contributed by atoms with Crippen molar-refractivity contribution >= 4 is 5.91 Å². The van der Waals surface area contributed by atoms with Gasteiger partial charge >= 0.3 is 0 Å². The molecule has 0 unspecified atom stereocenters. The number of nitrogens with one attached hydrogen (secondary N) is 1. The fourth-order valence-electron chi connectivity index (χ4n) is 3.53. The summed E-state index contributed by atoms with van der Waals surface area (Å²) in [7, 11) is 0. The predicted octanol–water partition coefficient (Wildman–Crippen LogP) is 0.320. The quantitative estimate of drug-likeness (QED) is 0.334. The first-order valence-electron chi connectivity index (χ1n) is 9.56. The maximum atomic E-state index is 12.1. The van der Waals surface area contributed by atoms with E-state index in [1.165, 1.54) is 6.08 Å². The Kier molecular flexibility index (Phi) is 8.18. The molecule has 7 nitrogen and oxygen atoms in total. The predicted molar refractivity (Wildman–Crippen MR) is 96.7 cm³/mol. The lowest BCUT2D eigenvalue weighted by molar-refractivity contribution is -0.165. The third-order valence-corrected chi connectivity index (χ3v) is 5.47. The van der Waals surface area contributed by atoms with Gasteiger partial charge in [-0.3, -0.25) is 4.79 Å². The molecule has 0 spiro atoms. The minimum Gasteiger partial charge on any atom is -0.393 e. The number of amides is 1. The zero-order valence-corrected chi connectivity index (χ0v) is 16.2. The second-order valence-electron chi connectivity index (χ2n) is 7.76. The van der Waals surface area contributed by atoms with E-state index in [0.717, 1.165) is 0 Å². The Bertz CT molecular complexity index is 528. The highest BCUT2D eigenvalue weighted by molar-refractivity contribution is 5.88. The van der Waals surface area contributed by atoms with Gasteiger partial charge < -0.3 is 30.1 Å². The van der Waals surface area contributed by atoms with Crippen LogP contribution in [0.25, 0.3) is 0 Å². The van der Waals surface area contributed by atoms with Crippen LogP contribution in [0.4, 0.5) is 4.39 Å². The number of carbonyl (C=O) groups excluding carboxylic acids is 1. The number of hydrogen-bond acceptors (Lipinski definition) is 6. The molecule has 0 aromatic rings. The number of carbonyl (C=O) groups is 1. The van der Waals surface area contributed by atoms with Gasteiger partial charge in [-0.05, 0) is 26.7 Å². The van der Waals surface area contributed by atoms with Crippen LogP contribution >= 0.6 is 0 Å². The summed E-state index contributed by atoms with van der Waals surface area (Å²) >= 11 is 0. The third kappa shape index (κ3) is 6.22. The monoisotopic (exact) mass is 389 g/mol. The van der Waals surface area contributed by atoms with E-state index in [4.69, 9.17) is 9.47 Å². The Balaban J connectivity index is 1.81. The van der Waals surface area contributed by atoms with Gasteiger partial charge in [0.1, 0.15) is 12.8 Å². The van der Waals surface area contributed by atoms with Crippen LogP contribution in [0.5, 0.6) is 0 Å². The van der Waals surface area contributed by atoms with Crippen LogP contribution < -0.4 is 5.32 Å². The molecule has 2 saturated heterocycles. The summed E-state index contributed by atoms with van der Waals surface area (Å²) in [6, 6.07) is 0. The fourth-order valence-corrected chi connectivity index (χ4v) is 3.53. The summed E-state index contributed by atoms with van der Waals surface area (Å²) < 4.78 is 23.4. The summed E-state index contributed by atoms with van der Waals surface area (Å²) in [4.78, 5) is 11.6. The molecule has 2 rings (SSSR count). The standard InChI is InChI=1S/C19H32FNO6/c1-10(7-16(23)21-5-4-20)6-14-18(25)17(24)13(9-26-14)8-15-19(27-15)11(2)12(3)22/h7,11-15,17-19,22,24-25H,4-6,8-9H2,1-3H3,(H,21,23)/b10-7+/t11-,12-,13-,14-,15-,17+,18-,19-/m0/s1. The molecule has 0 bridgehead atoms. The third-order valence-electron chi connectivity index (χ3n) is 5.47. The Hall–Kier alpha value is -1.06. The van der Waals surface area contributed by atoms with Gasteiger partial charge in [0.15, 0.2) is 0 Å². The lowest BCUT2D eigenvalue weighted by Crippen LogP contribution is -2.50. The number of alkyl halides is 1. The molecule has 156 valence electrons. The molecular formula is C19H32FNO6. The lowest BCUT2D eigenvalue weighted by Gasteiger charge is -2.38. The SMILES string of the molecule is C/C(=C\C(=O)NCCF)C[C@@H]1OC[C@H](C[C@@H]2O[C@H]2[C@@H](C)[C@H](C)O)[C@@H](O)[C@H]1O. The number of rotatable bonds is 9. The molecule has 0 aromatic carbocycles. The van der Waals surface area contributed by atoms with Crippen molar-refractivity contribution in [1.29, 1.82) is 0 Å². The number of halogens is 1. The molecule has 1 amide bonds. The first-order chi connectivity index (χ1) is 12.7. The highest BCUT2D eigenvalue weighted by atomic mass is 19.1. The van der Waals surface area contributed by atoms with Crippen LogP contribution in [0.1, 0.15) is 33.6 Å². The molecule has 0 aromatic heterocycles. The summed E-state index contributed by atoms with van der Waals surface area (Å²) in [5.74, 6) is -0.617. The van der Waals surface area contributed by atoms with Gasteiger partial charge in [-0.15, -0.1) is 0 Å². The number of hydrogen-bond donors (Lipinski definition) is 4. The van der Waals surface area contributed by atoms with Crippen molar-refractivity contribution in [3.05, 3.63) is 11.6 Å². The molecule has 0 radical (unpaired) electrons. The topological polar surface area (TPSA) is 112 Å². The zero-order valence-electron chi connectivity index (χ0n) is 16.2. The van der Waals surface area contributed by atoms with E-state index in [9.17, 15) is 24.5 Å². The van der Waals surface area contributed by atoms with Gasteiger partial charge in [-0.25, -0.2) is 4.39 Å². The van der Waals surface area contributed by atoms with E-state index >= 15 is 0 Å². The molecule has 27 heavy (non-hydrogen) atoms. The number of ether oxygens (including phenoxy) is 2. The summed E-state index contributed by atoms with van der Waals surface area (Å²) in [5, 5.41) is 32.9. The van der Waals surface area contributed by atoms with Crippen LogP contribution in [0.15, 0.2) is 11.6 Å². The highest BCUT2D eigenvalue weighted by Gasteiger charge is 2.48. The molecule has 2 fully saturated rings. The van der Waals surface area contributed by atoms with Crippen LogP contribution in [0, 0.1) is 11.8 Å². The Morgan fingerprint density at radius 2 is 2.00 bits per heavy atom. The minimum atomic E-state index is -1.06. The first kappa shape index (κ1) is 22.2. The maximum absolute atomic E-state index is 12.1. The molecule has 2 aliphatic heterocycles. The van der Waals surface area contributed by atoms with Crippen molar-refractivity contribution < 1.29 is 34.0 Å². The Morgan fingerprint density at radius 1 is 1.30 bits per heavy atom. The molecule has 2 heterocycles. The lowest BCUT2D eigenvalue weighted by atomic mass is 9.85. The van der Waals surface area contributed by atoms with E-state index in [0.29, 0.717) is 25.0 Å². The average Bonchev–Trinajstić information content (AvgIpc) is 3.37. The number of epoxide rings is 1. The van der Waals surface area contributed by atoms with Gasteiger partial charge in [0.25, 0.3) is 0 Å². The van der Waals surface area contributed by atoms with E-state index in [1.54, 1.807) is 13.8 Å². The normalized spacial score (nSPS) is 36.2.